The number of aliphatic imine (C=N–C) groups is 1. The Morgan fingerprint density at radius 2 is 1.93 bits per heavy atom. The predicted octanol–water partition coefficient (Wildman–Crippen LogP) is 2.89. The summed E-state index contributed by atoms with van der Waals surface area (Å²) in [6, 6.07) is 3.60. The van der Waals surface area contributed by atoms with Crippen molar-refractivity contribution in [3.05, 3.63) is 28.8 Å². The van der Waals surface area contributed by atoms with Gasteiger partial charge in [0.2, 0.25) is 0 Å². The molecule has 0 bridgehead atoms. The normalized spacial score (nSPS) is 20.5. The van der Waals surface area contributed by atoms with E-state index in [1.54, 1.807) is 12.1 Å². The minimum Gasteiger partial charge on any atom is -0.508 e. The van der Waals surface area contributed by atoms with Crippen molar-refractivity contribution >= 4 is 16.8 Å². The summed E-state index contributed by atoms with van der Waals surface area (Å²) in [5.41, 5.74) is 3.41. The van der Waals surface area contributed by atoms with Crippen molar-refractivity contribution in [2.75, 3.05) is 6.54 Å². The third kappa shape index (κ3) is 2.02. The van der Waals surface area contributed by atoms with Gasteiger partial charge in [-0.25, -0.2) is 0 Å². The summed E-state index contributed by atoms with van der Waals surface area (Å²) in [4.78, 5) is 4.54. The van der Waals surface area contributed by atoms with Crippen LogP contribution in [-0.4, -0.2) is 21.9 Å². The summed E-state index contributed by atoms with van der Waals surface area (Å²) in [7, 11) is 0. The van der Waals surface area contributed by atoms with Crippen LogP contribution in [0.15, 0.2) is 17.1 Å². The van der Waals surface area contributed by atoms with Crippen molar-refractivity contribution in [3.63, 3.8) is 0 Å². The lowest BCUT2D eigenvalue weighted by Crippen LogP contribution is -2.00. The standard InChI is InChI=1S/C12H15NOS/c1-7-4-10(14)5-8(2)11(7)12-13-6-9(3)15-12/h4-5,9,14H,6H2,1-3H3/t9-/m0/s1. The zero-order chi connectivity index (χ0) is 11.0. The van der Waals surface area contributed by atoms with Gasteiger partial charge in [-0.15, -0.1) is 11.8 Å². The van der Waals surface area contributed by atoms with Crippen LogP contribution in [0.25, 0.3) is 0 Å². The van der Waals surface area contributed by atoms with E-state index < -0.39 is 0 Å². The molecule has 1 aliphatic heterocycles. The maximum atomic E-state index is 9.47. The Labute approximate surface area is 94.4 Å². The number of aryl methyl sites for hydroxylation is 2. The zero-order valence-electron chi connectivity index (χ0n) is 9.24. The predicted molar refractivity (Wildman–Crippen MR) is 66.0 cm³/mol. The van der Waals surface area contributed by atoms with Crippen LogP contribution in [0.4, 0.5) is 0 Å². The van der Waals surface area contributed by atoms with Crippen LogP contribution >= 0.6 is 11.8 Å². The minimum atomic E-state index is 0.338. The van der Waals surface area contributed by atoms with E-state index in [1.165, 1.54) is 5.56 Å². The molecule has 80 valence electrons. The number of hydrogen-bond acceptors (Lipinski definition) is 3. The number of phenolic OH excluding ortho intramolecular Hbond substituents is 1. The highest BCUT2D eigenvalue weighted by molar-refractivity contribution is 8.15. The molecular formula is C12H15NOS. The van der Waals surface area contributed by atoms with Crippen LogP contribution in [0.3, 0.4) is 0 Å². The Balaban J connectivity index is 2.45. The maximum Gasteiger partial charge on any atom is 0.116 e. The van der Waals surface area contributed by atoms with Gasteiger partial charge in [0.05, 0.1) is 11.6 Å². The van der Waals surface area contributed by atoms with Crippen LogP contribution < -0.4 is 0 Å². The van der Waals surface area contributed by atoms with E-state index in [1.807, 2.05) is 25.6 Å². The van der Waals surface area contributed by atoms with E-state index in [4.69, 9.17) is 0 Å². The lowest BCUT2D eigenvalue weighted by atomic mass is 10.0. The average molecular weight is 221 g/mol. The fourth-order valence-corrected chi connectivity index (χ4v) is 3.01. The van der Waals surface area contributed by atoms with Gasteiger partial charge in [-0.2, -0.15) is 0 Å². The molecule has 1 aromatic rings. The molecule has 15 heavy (non-hydrogen) atoms. The minimum absolute atomic E-state index is 0.338. The first kappa shape index (κ1) is 10.6. The van der Waals surface area contributed by atoms with Crippen molar-refractivity contribution in [3.8, 4) is 5.75 Å². The molecule has 1 atom stereocenters. The first-order valence-electron chi connectivity index (χ1n) is 5.09. The van der Waals surface area contributed by atoms with Gasteiger partial charge in [-0.3, -0.25) is 4.99 Å². The van der Waals surface area contributed by atoms with Gasteiger partial charge in [0, 0.05) is 10.8 Å². The van der Waals surface area contributed by atoms with E-state index in [0.717, 1.165) is 22.7 Å². The van der Waals surface area contributed by atoms with E-state index >= 15 is 0 Å². The first-order chi connectivity index (χ1) is 7.08. The van der Waals surface area contributed by atoms with Crippen LogP contribution in [0, 0.1) is 13.8 Å². The highest BCUT2D eigenvalue weighted by Gasteiger charge is 2.19. The Bertz CT molecular complexity index is 403. The molecule has 0 unspecified atom stereocenters. The molecular weight excluding hydrogens is 206 g/mol. The highest BCUT2D eigenvalue weighted by Crippen LogP contribution is 2.30. The molecule has 1 N–H and O–H groups in total. The van der Waals surface area contributed by atoms with Gasteiger partial charge in [0.25, 0.3) is 0 Å². The highest BCUT2D eigenvalue weighted by atomic mass is 32.2. The van der Waals surface area contributed by atoms with Crippen molar-refractivity contribution in [2.45, 2.75) is 26.0 Å². The molecule has 2 nitrogen and oxygen atoms in total. The fourth-order valence-electron chi connectivity index (χ4n) is 1.89. The van der Waals surface area contributed by atoms with Crippen LogP contribution in [-0.2, 0) is 0 Å². The number of rotatable bonds is 1. The molecule has 0 radical (unpaired) electrons. The van der Waals surface area contributed by atoms with Crippen LogP contribution in [0.1, 0.15) is 23.6 Å². The summed E-state index contributed by atoms with van der Waals surface area (Å²) in [5.74, 6) is 0.338. The van der Waals surface area contributed by atoms with E-state index in [9.17, 15) is 5.11 Å². The second-order valence-electron chi connectivity index (χ2n) is 4.03. The molecule has 0 aliphatic carbocycles. The zero-order valence-corrected chi connectivity index (χ0v) is 10.1. The van der Waals surface area contributed by atoms with Gasteiger partial charge in [0.15, 0.2) is 0 Å². The van der Waals surface area contributed by atoms with E-state index in [2.05, 4.69) is 11.9 Å². The lowest BCUT2D eigenvalue weighted by molar-refractivity contribution is 0.474. The summed E-state index contributed by atoms with van der Waals surface area (Å²) in [6.07, 6.45) is 0. The van der Waals surface area contributed by atoms with E-state index in [0.29, 0.717) is 11.0 Å². The number of aromatic hydroxyl groups is 1. The summed E-state index contributed by atoms with van der Waals surface area (Å²) >= 11 is 1.82. The van der Waals surface area contributed by atoms with Crippen LogP contribution in [0.2, 0.25) is 0 Å². The Hall–Kier alpha value is -0.960. The fraction of sp³-hybridized carbons (Fsp3) is 0.417. The monoisotopic (exact) mass is 221 g/mol. The summed E-state index contributed by atoms with van der Waals surface area (Å²) < 4.78 is 0. The molecule has 1 heterocycles. The smallest absolute Gasteiger partial charge is 0.116 e. The van der Waals surface area contributed by atoms with Gasteiger partial charge >= 0.3 is 0 Å². The summed E-state index contributed by atoms with van der Waals surface area (Å²) in [6.45, 7) is 7.13. The Morgan fingerprint density at radius 3 is 2.40 bits per heavy atom. The molecule has 0 fully saturated rings. The number of hydrogen-bond donors (Lipinski definition) is 1. The SMILES string of the molecule is Cc1cc(O)cc(C)c1C1=NC[C@H](C)S1. The Kier molecular flexibility index (Phi) is 2.74. The number of nitrogens with zero attached hydrogens (tertiary/aromatic N) is 1. The number of phenols is 1. The topological polar surface area (TPSA) is 32.6 Å². The molecule has 0 saturated heterocycles. The van der Waals surface area contributed by atoms with Crippen molar-refractivity contribution < 1.29 is 5.11 Å². The quantitative estimate of drug-likeness (QED) is 0.791. The largest absolute Gasteiger partial charge is 0.508 e. The van der Waals surface area contributed by atoms with Gasteiger partial charge in [0.1, 0.15) is 5.75 Å². The number of thioether (sulfide) groups is 1. The van der Waals surface area contributed by atoms with Crippen molar-refractivity contribution in [2.24, 2.45) is 4.99 Å². The summed E-state index contributed by atoms with van der Waals surface area (Å²) in [5, 5.41) is 11.2. The second-order valence-corrected chi connectivity index (χ2v) is 5.46. The van der Waals surface area contributed by atoms with Gasteiger partial charge in [-0.1, -0.05) is 6.92 Å². The molecule has 3 heteroatoms. The van der Waals surface area contributed by atoms with Gasteiger partial charge in [-0.05, 0) is 37.1 Å². The third-order valence-corrected chi connectivity index (χ3v) is 3.64. The van der Waals surface area contributed by atoms with E-state index in [-0.39, 0.29) is 0 Å². The Morgan fingerprint density at radius 1 is 1.33 bits per heavy atom. The molecule has 0 saturated carbocycles. The molecule has 0 aromatic heterocycles. The number of benzene rings is 1. The molecule has 1 aliphatic rings. The van der Waals surface area contributed by atoms with Gasteiger partial charge < -0.3 is 5.11 Å². The third-order valence-electron chi connectivity index (χ3n) is 2.54. The first-order valence-corrected chi connectivity index (χ1v) is 5.97. The average Bonchev–Trinajstić information content (AvgIpc) is 2.49. The van der Waals surface area contributed by atoms with Crippen molar-refractivity contribution in [1.82, 2.24) is 0 Å². The molecule has 0 amide bonds. The molecule has 0 spiro atoms. The van der Waals surface area contributed by atoms with Crippen molar-refractivity contribution in [1.29, 1.82) is 0 Å². The van der Waals surface area contributed by atoms with Crippen LogP contribution in [0.5, 0.6) is 5.75 Å². The maximum absolute atomic E-state index is 9.47. The molecule has 2 rings (SSSR count). The molecule has 1 aromatic carbocycles. The second kappa shape index (κ2) is 3.89. The lowest BCUT2D eigenvalue weighted by Gasteiger charge is -2.10.